The molecule has 0 spiro atoms. The Kier molecular flexibility index (Phi) is 7.51. The van der Waals surface area contributed by atoms with Crippen molar-refractivity contribution in [2.24, 2.45) is 5.92 Å². The van der Waals surface area contributed by atoms with E-state index >= 15 is 0 Å². The van der Waals surface area contributed by atoms with Crippen LogP contribution < -0.4 is 5.32 Å². The van der Waals surface area contributed by atoms with Crippen LogP contribution in [0.3, 0.4) is 0 Å². The molecule has 0 saturated carbocycles. The highest BCUT2D eigenvalue weighted by Crippen LogP contribution is 2.23. The monoisotopic (exact) mass is 285 g/mol. The summed E-state index contributed by atoms with van der Waals surface area (Å²) >= 11 is 3.42. The normalized spacial score (nSPS) is 10.9. The van der Waals surface area contributed by atoms with E-state index in [1.54, 1.807) is 11.8 Å². The van der Waals surface area contributed by atoms with E-state index in [-0.39, 0.29) is 0 Å². The minimum atomic E-state index is 0.747. The highest BCUT2D eigenvalue weighted by Gasteiger charge is 2.05. The molecule has 0 bridgehead atoms. The lowest BCUT2D eigenvalue weighted by Crippen LogP contribution is -2.04. The summed E-state index contributed by atoms with van der Waals surface area (Å²) in [4.78, 5) is 8.99. The summed E-state index contributed by atoms with van der Waals surface area (Å²) in [5, 5.41) is 5.26. The first-order valence-corrected chi connectivity index (χ1v) is 8.66. The third-order valence-corrected chi connectivity index (χ3v) is 3.86. The molecule has 0 radical (unpaired) electrons. The van der Waals surface area contributed by atoms with E-state index in [0.29, 0.717) is 0 Å². The van der Waals surface area contributed by atoms with Gasteiger partial charge in [-0.05, 0) is 30.8 Å². The van der Waals surface area contributed by atoms with E-state index in [4.69, 9.17) is 0 Å². The molecule has 0 amide bonds. The number of aromatic nitrogens is 2. The predicted molar refractivity (Wildman–Crippen MR) is 82.8 cm³/mol. The maximum Gasteiger partial charge on any atom is 0.190 e. The summed E-state index contributed by atoms with van der Waals surface area (Å²) in [5.74, 6) is 2.82. The molecular weight excluding hydrogens is 262 g/mol. The number of thioether (sulfide) groups is 2. The smallest absolute Gasteiger partial charge is 0.190 e. The largest absolute Gasteiger partial charge is 0.370 e. The second-order valence-electron chi connectivity index (χ2n) is 4.54. The number of rotatable bonds is 8. The van der Waals surface area contributed by atoms with Crippen molar-refractivity contribution < 1.29 is 0 Å². The summed E-state index contributed by atoms with van der Waals surface area (Å²) in [6, 6.07) is 2.06. The van der Waals surface area contributed by atoms with Gasteiger partial charge in [0, 0.05) is 12.6 Å². The summed E-state index contributed by atoms with van der Waals surface area (Å²) in [5.41, 5.74) is 0. The Labute approximate surface area is 119 Å². The van der Waals surface area contributed by atoms with Crippen LogP contribution in [0.15, 0.2) is 16.2 Å². The fourth-order valence-corrected chi connectivity index (χ4v) is 2.89. The van der Waals surface area contributed by atoms with Crippen LogP contribution in [0.4, 0.5) is 5.82 Å². The molecule has 0 atom stereocenters. The zero-order chi connectivity index (χ0) is 13.4. The van der Waals surface area contributed by atoms with E-state index in [1.165, 1.54) is 6.42 Å². The van der Waals surface area contributed by atoms with E-state index in [1.807, 2.05) is 18.0 Å². The minimum absolute atomic E-state index is 0.747. The fourth-order valence-electron chi connectivity index (χ4n) is 1.31. The number of anilines is 1. The van der Waals surface area contributed by atoms with Crippen molar-refractivity contribution in [1.82, 2.24) is 9.97 Å². The summed E-state index contributed by atoms with van der Waals surface area (Å²) in [6.07, 6.45) is 4.34. The van der Waals surface area contributed by atoms with Crippen LogP contribution in [0.25, 0.3) is 0 Å². The molecule has 0 aliphatic heterocycles. The van der Waals surface area contributed by atoms with Crippen molar-refractivity contribution in [1.29, 1.82) is 0 Å². The van der Waals surface area contributed by atoms with Crippen LogP contribution in [0, 0.1) is 5.92 Å². The van der Waals surface area contributed by atoms with E-state index < -0.39 is 0 Å². The Morgan fingerprint density at radius 2 is 2.11 bits per heavy atom. The summed E-state index contributed by atoms with van der Waals surface area (Å²) in [6.45, 7) is 7.62. The second-order valence-corrected chi connectivity index (χ2v) is 6.42. The van der Waals surface area contributed by atoms with Gasteiger partial charge >= 0.3 is 0 Å². The number of hydrogen-bond donors (Lipinski definition) is 1. The third kappa shape index (κ3) is 5.96. The van der Waals surface area contributed by atoms with Crippen LogP contribution >= 0.6 is 23.5 Å². The van der Waals surface area contributed by atoms with Crippen molar-refractivity contribution in [3.63, 3.8) is 0 Å². The molecule has 102 valence electrons. The zero-order valence-corrected chi connectivity index (χ0v) is 13.3. The summed E-state index contributed by atoms with van der Waals surface area (Å²) in [7, 11) is 0. The third-order valence-electron chi connectivity index (χ3n) is 2.37. The molecule has 1 N–H and O–H groups in total. The molecule has 1 heterocycles. The molecule has 0 aliphatic rings. The average Bonchev–Trinajstić information content (AvgIpc) is 2.35. The minimum Gasteiger partial charge on any atom is -0.370 e. The number of nitrogens with zero attached hydrogens (tertiary/aromatic N) is 2. The van der Waals surface area contributed by atoms with Gasteiger partial charge in [0.05, 0.1) is 0 Å². The van der Waals surface area contributed by atoms with Gasteiger partial charge in [-0.2, -0.15) is 0 Å². The van der Waals surface area contributed by atoms with Crippen molar-refractivity contribution in [2.75, 3.05) is 23.9 Å². The number of hydrogen-bond acceptors (Lipinski definition) is 5. The van der Waals surface area contributed by atoms with Crippen molar-refractivity contribution in [3.8, 4) is 0 Å². The van der Waals surface area contributed by atoms with Gasteiger partial charge in [0.1, 0.15) is 10.8 Å². The predicted octanol–water partition coefficient (Wildman–Crippen LogP) is 4.16. The molecular formula is C13H23N3S2. The van der Waals surface area contributed by atoms with Gasteiger partial charge in [0.25, 0.3) is 0 Å². The molecule has 1 aromatic rings. The van der Waals surface area contributed by atoms with E-state index in [9.17, 15) is 0 Å². The van der Waals surface area contributed by atoms with Gasteiger partial charge in [-0.15, -0.1) is 11.8 Å². The van der Waals surface area contributed by atoms with Gasteiger partial charge in [0.2, 0.25) is 0 Å². The molecule has 0 aromatic carbocycles. The quantitative estimate of drug-likeness (QED) is 0.441. The maximum atomic E-state index is 4.53. The lowest BCUT2D eigenvalue weighted by atomic mass is 10.2. The van der Waals surface area contributed by atoms with Crippen molar-refractivity contribution in [3.05, 3.63) is 6.07 Å². The van der Waals surface area contributed by atoms with Gasteiger partial charge in [-0.25, -0.2) is 9.97 Å². The Morgan fingerprint density at radius 3 is 2.72 bits per heavy atom. The van der Waals surface area contributed by atoms with Crippen LogP contribution in [0.5, 0.6) is 0 Å². The maximum absolute atomic E-state index is 4.53. The van der Waals surface area contributed by atoms with Gasteiger partial charge < -0.3 is 5.32 Å². The highest BCUT2D eigenvalue weighted by molar-refractivity contribution is 7.99. The molecule has 3 nitrogen and oxygen atoms in total. The van der Waals surface area contributed by atoms with Crippen molar-refractivity contribution in [2.45, 2.75) is 43.8 Å². The Bertz CT molecular complexity index is 356. The van der Waals surface area contributed by atoms with Gasteiger partial charge in [0.15, 0.2) is 5.16 Å². The molecule has 0 unspecified atom stereocenters. The number of nitrogens with one attached hydrogen (secondary N) is 1. The SMILES string of the molecule is CCCNc1cc(SCCC(C)C)nc(SC)n1. The molecule has 0 aliphatic carbocycles. The van der Waals surface area contributed by atoms with Crippen molar-refractivity contribution >= 4 is 29.3 Å². The van der Waals surface area contributed by atoms with Crippen LogP contribution in [-0.2, 0) is 0 Å². The first-order chi connectivity index (χ1) is 8.65. The topological polar surface area (TPSA) is 37.8 Å². The summed E-state index contributed by atoms with van der Waals surface area (Å²) < 4.78 is 0. The molecule has 5 heteroatoms. The van der Waals surface area contributed by atoms with E-state index in [2.05, 4.69) is 42.1 Å². The lowest BCUT2D eigenvalue weighted by Gasteiger charge is -2.08. The van der Waals surface area contributed by atoms with Gasteiger partial charge in [-0.1, -0.05) is 32.5 Å². The first-order valence-electron chi connectivity index (χ1n) is 6.45. The first kappa shape index (κ1) is 15.6. The molecule has 1 rings (SSSR count). The molecule has 0 saturated heterocycles. The molecule has 1 aromatic heterocycles. The molecule has 18 heavy (non-hydrogen) atoms. The average molecular weight is 285 g/mol. The highest BCUT2D eigenvalue weighted by atomic mass is 32.2. The zero-order valence-electron chi connectivity index (χ0n) is 11.7. The second kappa shape index (κ2) is 8.64. The lowest BCUT2D eigenvalue weighted by molar-refractivity contribution is 0.631. The van der Waals surface area contributed by atoms with Gasteiger partial charge in [-0.3, -0.25) is 0 Å². The molecule has 0 fully saturated rings. The fraction of sp³-hybridized carbons (Fsp3) is 0.692. The van der Waals surface area contributed by atoms with E-state index in [0.717, 1.165) is 40.6 Å². The standard InChI is InChI=1S/C13H23N3S2/c1-5-7-14-11-9-12(16-13(15-11)17-4)18-8-6-10(2)3/h9-10H,5-8H2,1-4H3,(H,14,15,16). The van der Waals surface area contributed by atoms with Crippen LogP contribution in [0.2, 0.25) is 0 Å². The Morgan fingerprint density at radius 1 is 1.33 bits per heavy atom. The Hall–Kier alpha value is -0.420. The Balaban J connectivity index is 2.64. The van der Waals surface area contributed by atoms with Crippen LogP contribution in [0.1, 0.15) is 33.6 Å². The van der Waals surface area contributed by atoms with Crippen LogP contribution in [-0.4, -0.2) is 28.5 Å².